The summed E-state index contributed by atoms with van der Waals surface area (Å²) in [6.45, 7) is 8.56. The minimum absolute atomic E-state index is 0.0165. The highest BCUT2D eigenvalue weighted by atomic mass is 16.6. The number of benzene rings is 3. The molecular weight excluding hydrogens is 568 g/mol. The summed E-state index contributed by atoms with van der Waals surface area (Å²) in [5.74, 6) is -2.16. The van der Waals surface area contributed by atoms with Gasteiger partial charge in [0.1, 0.15) is 28.6 Å². The van der Waals surface area contributed by atoms with Crippen LogP contribution in [0.3, 0.4) is 0 Å². The summed E-state index contributed by atoms with van der Waals surface area (Å²) in [5.41, 5.74) is 0.234. The standard InChI is InChI=1S/C34H32O10/c1-4-7-8-19-40-34(39)30-20-29(43-32(37)23-9-13-27(14-10-23)41-21-25(35)5-2)17-18-31(30)44-33(38)24-11-15-28(16-12-24)42-22-26(36)6-3/h5-6,9-18,20H,2-4,7-8,19,21-22H2,1H3. The van der Waals surface area contributed by atoms with E-state index in [9.17, 15) is 24.0 Å². The van der Waals surface area contributed by atoms with E-state index in [1.807, 2.05) is 6.92 Å². The van der Waals surface area contributed by atoms with Gasteiger partial charge in [0.2, 0.25) is 0 Å². The molecule has 0 unspecified atom stereocenters. The van der Waals surface area contributed by atoms with Crippen LogP contribution in [0.25, 0.3) is 0 Å². The molecule has 0 heterocycles. The molecule has 0 atom stereocenters. The van der Waals surface area contributed by atoms with Crippen LogP contribution in [0.1, 0.15) is 57.3 Å². The Morgan fingerprint density at radius 3 is 1.64 bits per heavy atom. The fraction of sp³-hybridized carbons (Fsp3) is 0.206. The van der Waals surface area contributed by atoms with Crippen molar-refractivity contribution >= 4 is 29.5 Å². The van der Waals surface area contributed by atoms with Gasteiger partial charge in [0.25, 0.3) is 0 Å². The van der Waals surface area contributed by atoms with Crippen LogP contribution in [-0.4, -0.2) is 49.3 Å². The van der Waals surface area contributed by atoms with Crippen LogP contribution >= 0.6 is 0 Å². The van der Waals surface area contributed by atoms with E-state index in [-0.39, 0.29) is 59.6 Å². The fourth-order valence-corrected chi connectivity index (χ4v) is 3.54. The number of ether oxygens (including phenoxy) is 5. The normalized spacial score (nSPS) is 10.2. The zero-order valence-electron chi connectivity index (χ0n) is 24.2. The summed E-state index contributed by atoms with van der Waals surface area (Å²) >= 11 is 0. The Bertz CT molecular complexity index is 1500. The van der Waals surface area contributed by atoms with Gasteiger partial charge in [0, 0.05) is 0 Å². The Morgan fingerprint density at radius 1 is 0.636 bits per heavy atom. The first-order valence-corrected chi connectivity index (χ1v) is 13.8. The third-order valence-corrected chi connectivity index (χ3v) is 5.96. The van der Waals surface area contributed by atoms with Gasteiger partial charge in [-0.3, -0.25) is 9.59 Å². The lowest BCUT2D eigenvalue weighted by atomic mass is 10.1. The quantitative estimate of drug-likeness (QED) is 0.0818. The van der Waals surface area contributed by atoms with E-state index in [0.717, 1.165) is 25.0 Å². The highest BCUT2D eigenvalue weighted by molar-refractivity contribution is 5.97. The van der Waals surface area contributed by atoms with Crippen molar-refractivity contribution < 1.29 is 47.7 Å². The number of carbonyl (C=O) groups excluding carboxylic acids is 5. The van der Waals surface area contributed by atoms with Crippen LogP contribution in [0.4, 0.5) is 0 Å². The molecule has 228 valence electrons. The first kappa shape index (κ1) is 33.0. The molecule has 3 aromatic carbocycles. The lowest BCUT2D eigenvalue weighted by molar-refractivity contribution is -0.117. The minimum atomic E-state index is -0.763. The van der Waals surface area contributed by atoms with Gasteiger partial charge in [0.05, 0.1) is 17.7 Å². The molecule has 0 amide bonds. The highest BCUT2D eigenvalue weighted by Crippen LogP contribution is 2.27. The molecule has 10 heteroatoms. The highest BCUT2D eigenvalue weighted by Gasteiger charge is 2.21. The molecule has 0 aliphatic rings. The number of esters is 3. The number of carbonyl (C=O) groups is 5. The van der Waals surface area contributed by atoms with Gasteiger partial charge in [-0.15, -0.1) is 0 Å². The first-order valence-electron chi connectivity index (χ1n) is 13.8. The molecule has 0 radical (unpaired) electrons. The monoisotopic (exact) mass is 600 g/mol. The van der Waals surface area contributed by atoms with E-state index in [2.05, 4.69) is 13.2 Å². The third kappa shape index (κ3) is 10.1. The maximum absolute atomic E-state index is 13.0. The molecule has 3 rings (SSSR count). The van der Waals surface area contributed by atoms with Crippen molar-refractivity contribution in [2.75, 3.05) is 19.8 Å². The zero-order chi connectivity index (χ0) is 31.9. The van der Waals surface area contributed by atoms with Gasteiger partial charge in [-0.05, 0) is 85.3 Å². The smallest absolute Gasteiger partial charge is 0.343 e. The van der Waals surface area contributed by atoms with E-state index in [1.165, 1.54) is 66.7 Å². The fourth-order valence-electron chi connectivity index (χ4n) is 3.54. The predicted molar refractivity (Wildman–Crippen MR) is 160 cm³/mol. The van der Waals surface area contributed by atoms with E-state index >= 15 is 0 Å². The topological polar surface area (TPSA) is 132 Å². The van der Waals surface area contributed by atoms with Crippen LogP contribution in [0.2, 0.25) is 0 Å². The Balaban J connectivity index is 1.75. The Labute approximate surface area is 254 Å². The van der Waals surface area contributed by atoms with Crippen molar-refractivity contribution in [2.45, 2.75) is 26.2 Å². The summed E-state index contributed by atoms with van der Waals surface area (Å²) in [4.78, 5) is 61.3. The molecule has 10 nitrogen and oxygen atoms in total. The Kier molecular flexibility index (Phi) is 12.6. The Morgan fingerprint density at radius 2 is 1.14 bits per heavy atom. The van der Waals surface area contributed by atoms with Crippen molar-refractivity contribution in [2.24, 2.45) is 0 Å². The minimum Gasteiger partial charge on any atom is -0.485 e. The second kappa shape index (κ2) is 16.8. The van der Waals surface area contributed by atoms with Crippen LogP contribution < -0.4 is 18.9 Å². The van der Waals surface area contributed by atoms with Gasteiger partial charge in [-0.25, -0.2) is 14.4 Å². The number of rotatable bonds is 17. The third-order valence-electron chi connectivity index (χ3n) is 5.96. The molecule has 44 heavy (non-hydrogen) atoms. The molecule has 0 aliphatic carbocycles. The zero-order valence-corrected chi connectivity index (χ0v) is 24.2. The van der Waals surface area contributed by atoms with Gasteiger partial charge >= 0.3 is 17.9 Å². The van der Waals surface area contributed by atoms with Gasteiger partial charge in [-0.2, -0.15) is 0 Å². The van der Waals surface area contributed by atoms with Crippen LogP contribution in [-0.2, 0) is 14.3 Å². The van der Waals surface area contributed by atoms with E-state index in [0.29, 0.717) is 17.9 Å². The SMILES string of the molecule is C=CC(=O)COc1ccc(C(=O)Oc2ccc(OC(=O)c3ccc(OCC(=O)C=C)cc3)c(C(=O)OCCCCC)c2)cc1. The van der Waals surface area contributed by atoms with Gasteiger partial charge in [0.15, 0.2) is 24.8 Å². The number of hydrogen-bond acceptors (Lipinski definition) is 10. The summed E-state index contributed by atoms with van der Waals surface area (Å²) in [6, 6.07) is 15.8. The molecule has 0 saturated carbocycles. The molecule has 0 aliphatic heterocycles. The van der Waals surface area contributed by atoms with Crippen molar-refractivity contribution in [1.29, 1.82) is 0 Å². The van der Waals surface area contributed by atoms with Crippen LogP contribution in [0.15, 0.2) is 92.0 Å². The second-order valence-corrected chi connectivity index (χ2v) is 9.25. The molecular formula is C34H32O10. The maximum atomic E-state index is 13.0. The van der Waals surface area contributed by atoms with Crippen molar-refractivity contribution in [3.05, 3.63) is 109 Å². The first-order chi connectivity index (χ1) is 21.2. The molecule has 0 fully saturated rings. The van der Waals surface area contributed by atoms with E-state index < -0.39 is 17.9 Å². The molecule has 0 bridgehead atoms. The lowest BCUT2D eigenvalue weighted by Gasteiger charge is -2.13. The van der Waals surface area contributed by atoms with E-state index in [1.54, 1.807) is 0 Å². The summed E-state index contributed by atoms with van der Waals surface area (Å²) < 4.78 is 27.0. The predicted octanol–water partition coefficient (Wildman–Crippen LogP) is 5.74. The number of ketones is 2. The van der Waals surface area contributed by atoms with E-state index in [4.69, 9.17) is 23.7 Å². The summed E-state index contributed by atoms with van der Waals surface area (Å²) in [5, 5.41) is 0. The Hall–Kier alpha value is -5.51. The summed E-state index contributed by atoms with van der Waals surface area (Å²) in [6.07, 6.45) is 4.75. The van der Waals surface area contributed by atoms with Crippen LogP contribution in [0.5, 0.6) is 23.0 Å². The summed E-state index contributed by atoms with van der Waals surface area (Å²) in [7, 11) is 0. The second-order valence-electron chi connectivity index (χ2n) is 9.25. The number of unbranched alkanes of at least 4 members (excludes halogenated alkanes) is 2. The van der Waals surface area contributed by atoms with Crippen LogP contribution in [0, 0.1) is 0 Å². The average Bonchev–Trinajstić information content (AvgIpc) is 3.05. The van der Waals surface area contributed by atoms with Crippen molar-refractivity contribution in [1.82, 2.24) is 0 Å². The molecule has 0 N–H and O–H groups in total. The molecule has 3 aromatic rings. The number of hydrogen-bond donors (Lipinski definition) is 0. The largest absolute Gasteiger partial charge is 0.485 e. The molecule has 0 saturated heterocycles. The van der Waals surface area contributed by atoms with Crippen molar-refractivity contribution in [3.8, 4) is 23.0 Å². The van der Waals surface area contributed by atoms with Gasteiger partial charge in [-0.1, -0.05) is 32.9 Å². The molecule has 0 spiro atoms. The lowest BCUT2D eigenvalue weighted by Crippen LogP contribution is -2.15. The maximum Gasteiger partial charge on any atom is 0.343 e. The van der Waals surface area contributed by atoms with Gasteiger partial charge < -0.3 is 23.7 Å². The van der Waals surface area contributed by atoms with Crippen molar-refractivity contribution in [3.63, 3.8) is 0 Å². The molecule has 0 aromatic heterocycles. The average molecular weight is 601 g/mol.